The minimum absolute atomic E-state index is 0.0189. The molecule has 0 aromatic heterocycles. The predicted octanol–water partition coefficient (Wildman–Crippen LogP) is 2.85. The average molecular weight is 382 g/mol. The molecule has 0 unspecified atom stereocenters. The number of phenolic OH excluding ortho intramolecular Hbond substituents is 1. The lowest BCUT2D eigenvalue weighted by Gasteiger charge is -2.29. The number of methoxy groups -OCH3 is 1. The lowest BCUT2D eigenvalue weighted by atomic mass is 10.0. The summed E-state index contributed by atoms with van der Waals surface area (Å²) < 4.78 is 5.12. The summed E-state index contributed by atoms with van der Waals surface area (Å²) in [5.74, 6) is -0.239. The molecule has 1 saturated heterocycles. The molecule has 0 radical (unpaired) electrons. The van der Waals surface area contributed by atoms with Gasteiger partial charge in [0.1, 0.15) is 17.1 Å². The van der Waals surface area contributed by atoms with E-state index >= 15 is 0 Å². The molecule has 0 spiro atoms. The van der Waals surface area contributed by atoms with Gasteiger partial charge in [0.25, 0.3) is 11.8 Å². The summed E-state index contributed by atoms with van der Waals surface area (Å²) in [4.78, 5) is 26.6. The number of hydrogen-bond acceptors (Lipinski definition) is 5. The van der Waals surface area contributed by atoms with Crippen LogP contribution < -0.4 is 15.0 Å². The van der Waals surface area contributed by atoms with Gasteiger partial charge in [-0.2, -0.15) is 0 Å². The van der Waals surface area contributed by atoms with Crippen molar-refractivity contribution in [2.24, 2.45) is 0 Å². The van der Waals surface area contributed by atoms with Crippen LogP contribution in [0.15, 0.2) is 42.0 Å². The van der Waals surface area contributed by atoms with Gasteiger partial charge in [0.05, 0.1) is 12.8 Å². The van der Waals surface area contributed by atoms with Crippen LogP contribution in [0.1, 0.15) is 16.7 Å². The third kappa shape index (κ3) is 3.54. The van der Waals surface area contributed by atoms with Crippen LogP contribution in [0.4, 0.5) is 5.69 Å². The average Bonchev–Trinajstić information content (AvgIpc) is 2.63. The molecule has 7 heteroatoms. The first-order chi connectivity index (χ1) is 12.8. The van der Waals surface area contributed by atoms with E-state index in [1.807, 2.05) is 0 Å². The summed E-state index contributed by atoms with van der Waals surface area (Å²) in [6.07, 6.45) is 1.50. The summed E-state index contributed by atoms with van der Waals surface area (Å²) in [6, 6.07) is 10.2. The number of thiocarbonyl (C=S) groups is 1. The minimum Gasteiger partial charge on any atom is -0.507 e. The van der Waals surface area contributed by atoms with Crippen LogP contribution in [0.3, 0.4) is 0 Å². The van der Waals surface area contributed by atoms with E-state index in [4.69, 9.17) is 17.0 Å². The molecule has 2 N–H and O–H groups in total. The van der Waals surface area contributed by atoms with Gasteiger partial charge in [-0.15, -0.1) is 0 Å². The van der Waals surface area contributed by atoms with E-state index in [0.29, 0.717) is 28.1 Å². The van der Waals surface area contributed by atoms with E-state index in [0.717, 1.165) is 0 Å². The molecule has 3 rings (SSSR count). The largest absolute Gasteiger partial charge is 0.507 e. The number of aryl methyl sites for hydroxylation is 2. The molecule has 138 valence electrons. The third-order valence-electron chi connectivity index (χ3n) is 4.26. The number of nitrogens with zero attached hydrogens (tertiary/aromatic N) is 1. The Morgan fingerprint density at radius 1 is 1.11 bits per heavy atom. The standard InChI is InChI=1S/C20H18N2O4S/c1-11-8-13(9-12(2)17(11)23)10-16-18(24)21-20(27)22(19(16)25)14-4-6-15(26-3)7-5-14/h4-10,23H,1-3H3,(H,21,24,27). The van der Waals surface area contributed by atoms with Crippen molar-refractivity contribution >= 4 is 40.9 Å². The predicted molar refractivity (Wildman–Crippen MR) is 107 cm³/mol. The van der Waals surface area contributed by atoms with E-state index in [9.17, 15) is 14.7 Å². The number of rotatable bonds is 3. The topological polar surface area (TPSA) is 78.9 Å². The van der Waals surface area contributed by atoms with Crippen molar-refractivity contribution in [2.75, 3.05) is 12.0 Å². The maximum atomic E-state index is 13.0. The van der Waals surface area contributed by atoms with Gasteiger partial charge in [0.2, 0.25) is 0 Å². The number of amides is 2. The molecule has 0 saturated carbocycles. The van der Waals surface area contributed by atoms with Gasteiger partial charge < -0.3 is 9.84 Å². The molecule has 0 bridgehead atoms. The fourth-order valence-electron chi connectivity index (χ4n) is 2.86. The van der Waals surface area contributed by atoms with Crippen LogP contribution in [-0.4, -0.2) is 29.1 Å². The van der Waals surface area contributed by atoms with Gasteiger partial charge in [0, 0.05) is 0 Å². The molecular weight excluding hydrogens is 364 g/mol. The van der Waals surface area contributed by atoms with Gasteiger partial charge >= 0.3 is 0 Å². The quantitative estimate of drug-likeness (QED) is 0.485. The normalized spacial score (nSPS) is 15.9. The van der Waals surface area contributed by atoms with Crippen LogP contribution in [-0.2, 0) is 9.59 Å². The van der Waals surface area contributed by atoms with Crippen LogP contribution in [0.5, 0.6) is 11.5 Å². The molecular formula is C20H18N2O4S. The summed E-state index contributed by atoms with van der Waals surface area (Å²) in [7, 11) is 1.55. The van der Waals surface area contributed by atoms with Crippen molar-refractivity contribution in [1.29, 1.82) is 0 Å². The molecule has 0 aliphatic carbocycles. The highest BCUT2D eigenvalue weighted by atomic mass is 32.1. The highest BCUT2D eigenvalue weighted by Gasteiger charge is 2.34. The van der Waals surface area contributed by atoms with E-state index in [2.05, 4.69) is 5.32 Å². The van der Waals surface area contributed by atoms with Gasteiger partial charge in [-0.05, 0) is 85.2 Å². The Labute approximate surface area is 162 Å². The van der Waals surface area contributed by atoms with Crippen molar-refractivity contribution in [3.05, 3.63) is 58.7 Å². The van der Waals surface area contributed by atoms with Gasteiger partial charge in [-0.25, -0.2) is 0 Å². The van der Waals surface area contributed by atoms with E-state index in [-0.39, 0.29) is 16.4 Å². The van der Waals surface area contributed by atoms with Crippen molar-refractivity contribution in [2.45, 2.75) is 13.8 Å². The zero-order chi connectivity index (χ0) is 19.7. The molecule has 1 fully saturated rings. The highest BCUT2D eigenvalue weighted by Crippen LogP contribution is 2.27. The zero-order valence-electron chi connectivity index (χ0n) is 15.1. The van der Waals surface area contributed by atoms with Crippen molar-refractivity contribution in [3.8, 4) is 11.5 Å². The second-order valence-electron chi connectivity index (χ2n) is 6.16. The first-order valence-corrected chi connectivity index (χ1v) is 8.58. The Hall–Kier alpha value is -3.19. The second-order valence-corrected chi connectivity index (χ2v) is 6.55. The summed E-state index contributed by atoms with van der Waals surface area (Å²) in [5.41, 5.74) is 2.45. The number of ether oxygens (including phenoxy) is 1. The number of aromatic hydroxyl groups is 1. The van der Waals surface area contributed by atoms with Crippen LogP contribution in [0, 0.1) is 13.8 Å². The third-order valence-corrected chi connectivity index (χ3v) is 4.54. The van der Waals surface area contributed by atoms with Crippen molar-refractivity contribution in [3.63, 3.8) is 0 Å². The van der Waals surface area contributed by atoms with Crippen molar-refractivity contribution < 1.29 is 19.4 Å². The monoisotopic (exact) mass is 382 g/mol. The Morgan fingerprint density at radius 3 is 2.26 bits per heavy atom. The number of nitrogens with one attached hydrogen (secondary N) is 1. The van der Waals surface area contributed by atoms with Gasteiger partial charge in [-0.3, -0.25) is 19.8 Å². The summed E-state index contributed by atoms with van der Waals surface area (Å²) in [5, 5.41) is 12.5. The van der Waals surface area contributed by atoms with E-state index < -0.39 is 11.8 Å². The smallest absolute Gasteiger partial charge is 0.270 e. The molecule has 2 aromatic rings. The minimum atomic E-state index is -0.557. The molecule has 6 nitrogen and oxygen atoms in total. The fourth-order valence-corrected chi connectivity index (χ4v) is 3.14. The lowest BCUT2D eigenvalue weighted by molar-refractivity contribution is -0.122. The van der Waals surface area contributed by atoms with Crippen LogP contribution in [0.2, 0.25) is 0 Å². The van der Waals surface area contributed by atoms with Crippen molar-refractivity contribution in [1.82, 2.24) is 5.32 Å². The SMILES string of the molecule is COc1ccc(N2C(=O)C(=Cc3cc(C)c(O)c(C)c3)C(=O)NC2=S)cc1. The second kappa shape index (κ2) is 7.20. The molecule has 1 aliphatic rings. The number of carbonyl (C=O) groups excluding carboxylic acids is 2. The molecule has 27 heavy (non-hydrogen) atoms. The molecule has 1 heterocycles. The summed E-state index contributed by atoms with van der Waals surface area (Å²) >= 11 is 5.18. The Balaban J connectivity index is 2.01. The number of phenols is 1. The molecule has 0 atom stereocenters. The molecule has 2 amide bonds. The highest BCUT2D eigenvalue weighted by molar-refractivity contribution is 7.80. The Morgan fingerprint density at radius 2 is 1.70 bits per heavy atom. The first kappa shape index (κ1) is 18.6. The maximum absolute atomic E-state index is 13.0. The fraction of sp³-hybridized carbons (Fsp3) is 0.150. The van der Waals surface area contributed by atoms with E-state index in [1.165, 1.54) is 11.0 Å². The number of benzene rings is 2. The maximum Gasteiger partial charge on any atom is 0.270 e. The molecule has 2 aromatic carbocycles. The van der Waals surface area contributed by atoms with Crippen LogP contribution in [0.25, 0.3) is 6.08 Å². The zero-order valence-corrected chi connectivity index (χ0v) is 15.9. The van der Waals surface area contributed by atoms with Gasteiger partial charge in [-0.1, -0.05) is 0 Å². The lowest BCUT2D eigenvalue weighted by Crippen LogP contribution is -2.54. The van der Waals surface area contributed by atoms with Gasteiger partial charge in [0.15, 0.2) is 5.11 Å². The van der Waals surface area contributed by atoms with E-state index in [1.54, 1.807) is 57.4 Å². The first-order valence-electron chi connectivity index (χ1n) is 8.17. The number of hydrogen-bond donors (Lipinski definition) is 2. The van der Waals surface area contributed by atoms with Crippen LogP contribution >= 0.6 is 12.2 Å². The Bertz CT molecular complexity index is 957. The Kier molecular flexibility index (Phi) is 4.96. The summed E-state index contributed by atoms with van der Waals surface area (Å²) in [6.45, 7) is 3.51. The number of carbonyl (C=O) groups is 2. The number of anilines is 1. The molecule has 1 aliphatic heterocycles.